The minimum atomic E-state index is -0.0712. The predicted octanol–water partition coefficient (Wildman–Crippen LogP) is 5.46. The molecule has 4 nitrogen and oxygen atoms in total. The molecule has 2 aliphatic heterocycles. The third-order valence-corrected chi connectivity index (χ3v) is 7.39. The molecular formula is C25H32BrN3O. The van der Waals surface area contributed by atoms with Crippen molar-refractivity contribution in [3.05, 3.63) is 63.6 Å². The van der Waals surface area contributed by atoms with Gasteiger partial charge in [0.15, 0.2) is 0 Å². The van der Waals surface area contributed by atoms with Crippen molar-refractivity contribution < 1.29 is 4.79 Å². The number of carbonyl (C=O) groups excluding carboxylic acids is 1. The van der Waals surface area contributed by atoms with Crippen molar-refractivity contribution in [3.8, 4) is 0 Å². The van der Waals surface area contributed by atoms with Gasteiger partial charge in [-0.1, -0.05) is 34.5 Å². The minimum Gasteiger partial charge on any atom is -0.322 e. The van der Waals surface area contributed by atoms with Gasteiger partial charge in [-0.3, -0.25) is 9.69 Å². The molecule has 2 fully saturated rings. The van der Waals surface area contributed by atoms with E-state index in [2.05, 4.69) is 43.2 Å². The van der Waals surface area contributed by atoms with Gasteiger partial charge in [0.2, 0.25) is 0 Å². The largest absolute Gasteiger partial charge is 0.322 e. The van der Waals surface area contributed by atoms with E-state index in [1.54, 1.807) is 0 Å². The van der Waals surface area contributed by atoms with E-state index in [0.717, 1.165) is 28.3 Å². The summed E-state index contributed by atoms with van der Waals surface area (Å²) in [6, 6.07) is 14.8. The van der Waals surface area contributed by atoms with Crippen molar-refractivity contribution in [2.45, 2.75) is 51.6 Å². The van der Waals surface area contributed by atoms with E-state index in [9.17, 15) is 4.79 Å². The van der Waals surface area contributed by atoms with E-state index in [4.69, 9.17) is 0 Å². The molecule has 4 rings (SSSR count). The summed E-state index contributed by atoms with van der Waals surface area (Å²) in [5.41, 5.74) is 3.88. The fourth-order valence-corrected chi connectivity index (χ4v) is 4.91. The molecule has 0 spiro atoms. The van der Waals surface area contributed by atoms with Gasteiger partial charge in [0.25, 0.3) is 5.91 Å². The standard InChI is InChI=1S/C25H32BrN3O/c1-19-17-21(7-10-24(19)26)25(30)27-22-8-5-20(6-9-22)18-28-15-11-23(12-16-28)29-13-3-2-4-14-29/h5-10,17,23H,2-4,11-16,18H2,1H3,(H,27,30). The number of aryl methyl sites for hydroxylation is 1. The predicted molar refractivity (Wildman–Crippen MR) is 127 cm³/mol. The van der Waals surface area contributed by atoms with Crippen LogP contribution >= 0.6 is 15.9 Å². The fraction of sp³-hybridized carbons (Fsp3) is 0.480. The molecule has 30 heavy (non-hydrogen) atoms. The molecule has 0 saturated carbocycles. The van der Waals surface area contributed by atoms with Gasteiger partial charge in [-0.25, -0.2) is 0 Å². The minimum absolute atomic E-state index is 0.0712. The number of amides is 1. The molecule has 1 amide bonds. The van der Waals surface area contributed by atoms with Crippen LogP contribution in [-0.4, -0.2) is 47.9 Å². The molecule has 0 aromatic heterocycles. The lowest BCUT2D eigenvalue weighted by Crippen LogP contribution is -2.46. The summed E-state index contributed by atoms with van der Waals surface area (Å²) in [6.45, 7) is 7.96. The van der Waals surface area contributed by atoms with Crippen LogP contribution < -0.4 is 5.32 Å². The molecule has 0 aliphatic carbocycles. The first kappa shape index (κ1) is 21.5. The van der Waals surface area contributed by atoms with Crippen molar-refractivity contribution >= 4 is 27.5 Å². The maximum atomic E-state index is 12.5. The van der Waals surface area contributed by atoms with Gasteiger partial charge >= 0.3 is 0 Å². The highest BCUT2D eigenvalue weighted by Gasteiger charge is 2.25. The first-order valence-electron chi connectivity index (χ1n) is 11.2. The molecule has 0 bridgehead atoms. The number of carbonyl (C=O) groups is 1. The highest BCUT2D eigenvalue weighted by atomic mass is 79.9. The molecule has 2 saturated heterocycles. The zero-order valence-electron chi connectivity index (χ0n) is 17.9. The molecule has 0 radical (unpaired) electrons. The molecule has 0 unspecified atom stereocenters. The zero-order chi connectivity index (χ0) is 20.9. The molecule has 2 aromatic carbocycles. The monoisotopic (exact) mass is 469 g/mol. The Balaban J connectivity index is 1.26. The lowest BCUT2D eigenvalue weighted by atomic mass is 9.99. The Morgan fingerprint density at radius 1 is 1.00 bits per heavy atom. The van der Waals surface area contributed by atoms with Crippen LogP contribution in [0.4, 0.5) is 5.69 Å². The number of benzene rings is 2. The highest BCUT2D eigenvalue weighted by molar-refractivity contribution is 9.10. The van der Waals surface area contributed by atoms with Gasteiger partial charge in [-0.2, -0.15) is 0 Å². The fourth-order valence-electron chi connectivity index (χ4n) is 4.67. The van der Waals surface area contributed by atoms with Gasteiger partial charge in [0.05, 0.1) is 0 Å². The summed E-state index contributed by atoms with van der Waals surface area (Å²) < 4.78 is 1.02. The first-order valence-corrected chi connectivity index (χ1v) is 12.0. The van der Waals surface area contributed by atoms with Crippen molar-refractivity contribution in [2.24, 2.45) is 0 Å². The smallest absolute Gasteiger partial charge is 0.255 e. The number of hydrogen-bond donors (Lipinski definition) is 1. The summed E-state index contributed by atoms with van der Waals surface area (Å²) in [7, 11) is 0. The van der Waals surface area contributed by atoms with Crippen LogP contribution in [-0.2, 0) is 6.54 Å². The summed E-state index contributed by atoms with van der Waals surface area (Å²) in [5, 5.41) is 3.00. The summed E-state index contributed by atoms with van der Waals surface area (Å²) in [6.07, 6.45) is 6.76. The van der Waals surface area contributed by atoms with Crippen molar-refractivity contribution in [2.75, 3.05) is 31.5 Å². The number of hydrogen-bond acceptors (Lipinski definition) is 3. The lowest BCUT2D eigenvalue weighted by molar-refractivity contribution is 0.0896. The number of piperidine rings is 2. The Morgan fingerprint density at radius 2 is 1.70 bits per heavy atom. The number of nitrogens with one attached hydrogen (secondary N) is 1. The van der Waals surface area contributed by atoms with Crippen molar-refractivity contribution in [1.82, 2.24) is 9.80 Å². The molecule has 2 aromatic rings. The van der Waals surface area contributed by atoms with Gasteiger partial charge < -0.3 is 10.2 Å². The molecule has 160 valence electrons. The van der Waals surface area contributed by atoms with Gasteiger partial charge in [0.1, 0.15) is 0 Å². The molecule has 1 N–H and O–H groups in total. The Hall–Kier alpha value is -1.69. The summed E-state index contributed by atoms with van der Waals surface area (Å²) in [5.74, 6) is -0.0712. The van der Waals surface area contributed by atoms with Crippen LogP contribution in [0.3, 0.4) is 0 Å². The quantitative estimate of drug-likeness (QED) is 0.631. The van der Waals surface area contributed by atoms with E-state index in [-0.39, 0.29) is 5.91 Å². The zero-order valence-corrected chi connectivity index (χ0v) is 19.5. The second-order valence-electron chi connectivity index (χ2n) is 8.72. The molecule has 5 heteroatoms. The second kappa shape index (κ2) is 10.1. The second-order valence-corrected chi connectivity index (χ2v) is 9.57. The van der Waals surface area contributed by atoms with Crippen molar-refractivity contribution in [1.29, 1.82) is 0 Å². The van der Waals surface area contributed by atoms with E-state index >= 15 is 0 Å². The normalized spacial score (nSPS) is 19.0. The van der Waals surface area contributed by atoms with Crippen LogP contribution in [0.15, 0.2) is 46.9 Å². The average Bonchev–Trinajstić information content (AvgIpc) is 2.78. The Morgan fingerprint density at radius 3 is 2.37 bits per heavy atom. The van der Waals surface area contributed by atoms with Gasteiger partial charge in [-0.15, -0.1) is 0 Å². The lowest BCUT2D eigenvalue weighted by Gasteiger charge is -2.40. The SMILES string of the molecule is Cc1cc(C(=O)Nc2ccc(CN3CCC(N4CCCCC4)CC3)cc2)ccc1Br. The van der Waals surface area contributed by atoms with Crippen LogP contribution in [0, 0.1) is 6.92 Å². The number of rotatable bonds is 5. The van der Waals surface area contributed by atoms with Crippen molar-refractivity contribution in [3.63, 3.8) is 0 Å². The Labute approximate surface area is 188 Å². The first-order chi connectivity index (χ1) is 14.6. The maximum absolute atomic E-state index is 12.5. The Kier molecular flexibility index (Phi) is 7.24. The van der Waals surface area contributed by atoms with Crippen LogP contribution in [0.1, 0.15) is 53.6 Å². The van der Waals surface area contributed by atoms with Crippen LogP contribution in [0.25, 0.3) is 0 Å². The maximum Gasteiger partial charge on any atom is 0.255 e. The molecule has 2 heterocycles. The number of nitrogens with zero attached hydrogens (tertiary/aromatic N) is 2. The summed E-state index contributed by atoms with van der Waals surface area (Å²) in [4.78, 5) is 17.8. The highest BCUT2D eigenvalue weighted by Crippen LogP contribution is 2.23. The number of likely N-dealkylation sites (tertiary alicyclic amines) is 2. The average molecular weight is 470 g/mol. The topological polar surface area (TPSA) is 35.6 Å². The number of anilines is 1. The summed E-state index contributed by atoms with van der Waals surface area (Å²) >= 11 is 3.48. The van der Waals surface area contributed by atoms with E-state index < -0.39 is 0 Å². The molecular weight excluding hydrogens is 438 g/mol. The van der Waals surface area contributed by atoms with Crippen LogP contribution in [0.2, 0.25) is 0 Å². The number of halogens is 1. The van der Waals surface area contributed by atoms with E-state index in [0.29, 0.717) is 5.56 Å². The molecule has 0 atom stereocenters. The van der Waals surface area contributed by atoms with E-state index in [1.807, 2.05) is 37.3 Å². The van der Waals surface area contributed by atoms with Crippen LogP contribution in [0.5, 0.6) is 0 Å². The third-order valence-electron chi connectivity index (χ3n) is 6.50. The molecule has 2 aliphatic rings. The van der Waals surface area contributed by atoms with Gasteiger partial charge in [-0.05, 0) is 100 Å². The Bertz CT molecular complexity index is 853. The van der Waals surface area contributed by atoms with Gasteiger partial charge in [0, 0.05) is 28.3 Å². The van der Waals surface area contributed by atoms with E-state index in [1.165, 1.54) is 63.8 Å². The third kappa shape index (κ3) is 5.51.